The van der Waals surface area contributed by atoms with Crippen LogP contribution in [0.3, 0.4) is 0 Å². The van der Waals surface area contributed by atoms with Crippen LogP contribution in [0.5, 0.6) is 5.75 Å². The fourth-order valence-corrected chi connectivity index (χ4v) is 2.52. The van der Waals surface area contributed by atoms with Crippen LogP contribution in [-0.2, 0) is 0 Å². The SMILES string of the molecule is CC(CO)C(C)NC(=O)Nc1ccccc1OC1CCCC1. The first kappa shape index (κ1) is 16.6. The second-order valence-electron chi connectivity index (χ2n) is 6.07. The van der Waals surface area contributed by atoms with Crippen molar-refractivity contribution in [1.82, 2.24) is 5.32 Å². The predicted molar refractivity (Wildman–Crippen MR) is 87.2 cm³/mol. The lowest BCUT2D eigenvalue weighted by Gasteiger charge is -2.21. The fraction of sp³-hybridized carbons (Fsp3) is 0.588. The van der Waals surface area contributed by atoms with E-state index < -0.39 is 0 Å². The molecule has 1 aliphatic carbocycles. The monoisotopic (exact) mass is 306 g/mol. The molecule has 2 rings (SSSR count). The average Bonchev–Trinajstić information content (AvgIpc) is 3.01. The van der Waals surface area contributed by atoms with Crippen molar-refractivity contribution in [2.24, 2.45) is 5.92 Å². The summed E-state index contributed by atoms with van der Waals surface area (Å²) in [6.45, 7) is 3.81. The number of anilines is 1. The minimum atomic E-state index is -0.282. The highest BCUT2D eigenvalue weighted by atomic mass is 16.5. The van der Waals surface area contributed by atoms with E-state index in [1.807, 2.05) is 38.1 Å². The number of hydrogen-bond donors (Lipinski definition) is 3. The van der Waals surface area contributed by atoms with Gasteiger partial charge in [-0.3, -0.25) is 0 Å². The number of nitrogens with one attached hydrogen (secondary N) is 2. The molecule has 1 aliphatic rings. The first-order valence-corrected chi connectivity index (χ1v) is 8.04. The van der Waals surface area contributed by atoms with Gasteiger partial charge < -0.3 is 20.5 Å². The van der Waals surface area contributed by atoms with Gasteiger partial charge in [-0.2, -0.15) is 0 Å². The average molecular weight is 306 g/mol. The van der Waals surface area contributed by atoms with E-state index in [0.717, 1.165) is 12.8 Å². The van der Waals surface area contributed by atoms with E-state index in [4.69, 9.17) is 9.84 Å². The number of aliphatic hydroxyl groups is 1. The molecule has 1 saturated carbocycles. The number of amides is 2. The maximum atomic E-state index is 12.1. The molecular weight excluding hydrogens is 280 g/mol. The molecule has 0 aromatic heterocycles. The molecule has 5 nitrogen and oxygen atoms in total. The van der Waals surface area contributed by atoms with Crippen LogP contribution in [0.2, 0.25) is 0 Å². The second-order valence-corrected chi connectivity index (χ2v) is 6.07. The van der Waals surface area contributed by atoms with Crippen molar-refractivity contribution in [3.05, 3.63) is 24.3 Å². The lowest BCUT2D eigenvalue weighted by molar-refractivity contribution is 0.203. The van der Waals surface area contributed by atoms with E-state index in [9.17, 15) is 4.79 Å². The van der Waals surface area contributed by atoms with Crippen molar-refractivity contribution in [3.8, 4) is 5.75 Å². The van der Waals surface area contributed by atoms with Crippen LogP contribution in [0.25, 0.3) is 0 Å². The molecule has 122 valence electrons. The topological polar surface area (TPSA) is 70.6 Å². The van der Waals surface area contributed by atoms with Crippen LogP contribution in [-0.4, -0.2) is 29.9 Å². The molecule has 5 heteroatoms. The third-order valence-corrected chi connectivity index (χ3v) is 4.23. The van der Waals surface area contributed by atoms with Crippen LogP contribution in [0.1, 0.15) is 39.5 Å². The molecule has 22 heavy (non-hydrogen) atoms. The van der Waals surface area contributed by atoms with E-state index in [1.165, 1.54) is 12.8 Å². The molecule has 2 atom stereocenters. The van der Waals surface area contributed by atoms with Crippen molar-refractivity contribution in [2.45, 2.75) is 51.7 Å². The lowest BCUT2D eigenvalue weighted by atomic mass is 10.1. The summed E-state index contributed by atoms with van der Waals surface area (Å²) >= 11 is 0. The number of carbonyl (C=O) groups excluding carboxylic acids is 1. The zero-order valence-electron chi connectivity index (χ0n) is 13.3. The number of benzene rings is 1. The fourth-order valence-electron chi connectivity index (χ4n) is 2.52. The normalized spacial score (nSPS) is 17.8. The lowest BCUT2D eigenvalue weighted by Crippen LogP contribution is -2.40. The summed E-state index contributed by atoms with van der Waals surface area (Å²) in [6, 6.07) is 7.11. The van der Waals surface area contributed by atoms with Crippen LogP contribution < -0.4 is 15.4 Å². The highest BCUT2D eigenvalue weighted by Crippen LogP contribution is 2.29. The zero-order valence-corrected chi connectivity index (χ0v) is 13.3. The van der Waals surface area contributed by atoms with E-state index in [2.05, 4.69) is 10.6 Å². The van der Waals surface area contributed by atoms with E-state index >= 15 is 0 Å². The molecule has 2 unspecified atom stereocenters. The Morgan fingerprint density at radius 3 is 2.68 bits per heavy atom. The largest absolute Gasteiger partial charge is 0.488 e. The summed E-state index contributed by atoms with van der Waals surface area (Å²) in [5.41, 5.74) is 0.677. The summed E-state index contributed by atoms with van der Waals surface area (Å²) in [7, 11) is 0. The summed E-state index contributed by atoms with van der Waals surface area (Å²) in [6.07, 6.45) is 4.81. The molecule has 0 spiro atoms. The van der Waals surface area contributed by atoms with Gasteiger partial charge in [-0.1, -0.05) is 19.1 Å². The number of ether oxygens (including phenoxy) is 1. The van der Waals surface area contributed by atoms with Gasteiger partial charge in [0.1, 0.15) is 5.75 Å². The molecule has 1 aromatic carbocycles. The third-order valence-electron chi connectivity index (χ3n) is 4.23. The number of para-hydroxylation sites is 2. The maximum absolute atomic E-state index is 12.1. The van der Waals surface area contributed by atoms with Crippen molar-refractivity contribution >= 4 is 11.7 Å². The molecule has 0 bridgehead atoms. The highest BCUT2D eigenvalue weighted by molar-refractivity contribution is 5.91. The Hall–Kier alpha value is -1.75. The summed E-state index contributed by atoms with van der Waals surface area (Å²) in [5, 5.41) is 14.8. The molecule has 2 amide bonds. The van der Waals surface area contributed by atoms with Gasteiger partial charge in [-0.05, 0) is 50.7 Å². The van der Waals surface area contributed by atoms with Gasteiger partial charge in [0, 0.05) is 12.6 Å². The predicted octanol–water partition coefficient (Wildman–Crippen LogP) is 3.15. The van der Waals surface area contributed by atoms with Crippen molar-refractivity contribution in [3.63, 3.8) is 0 Å². The first-order valence-electron chi connectivity index (χ1n) is 8.04. The summed E-state index contributed by atoms with van der Waals surface area (Å²) in [4.78, 5) is 12.1. The number of carbonyl (C=O) groups is 1. The minimum Gasteiger partial charge on any atom is -0.488 e. The highest BCUT2D eigenvalue weighted by Gasteiger charge is 2.19. The van der Waals surface area contributed by atoms with Gasteiger partial charge in [0.25, 0.3) is 0 Å². The number of rotatable bonds is 6. The standard InChI is InChI=1S/C17H26N2O3/c1-12(11-20)13(2)18-17(21)19-15-9-5-6-10-16(15)22-14-7-3-4-8-14/h5-6,9-10,12-14,20H,3-4,7-8,11H2,1-2H3,(H2,18,19,21). The van der Waals surface area contributed by atoms with Crippen molar-refractivity contribution < 1.29 is 14.6 Å². The van der Waals surface area contributed by atoms with Crippen LogP contribution >= 0.6 is 0 Å². The Morgan fingerprint density at radius 1 is 1.32 bits per heavy atom. The Morgan fingerprint density at radius 2 is 2.00 bits per heavy atom. The van der Waals surface area contributed by atoms with Gasteiger partial charge in [-0.25, -0.2) is 4.79 Å². The molecule has 1 fully saturated rings. The van der Waals surface area contributed by atoms with Gasteiger partial charge in [0.2, 0.25) is 0 Å². The van der Waals surface area contributed by atoms with Crippen LogP contribution in [0, 0.1) is 5.92 Å². The van der Waals surface area contributed by atoms with E-state index in [1.54, 1.807) is 0 Å². The Kier molecular flexibility index (Phi) is 6.07. The molecular formula is C17H26N2O3. The molecule has 0 heterocycles. The van der Waals surface area contributed by atoms with E-state index in [-0.39, 0.29) is 30.7 Å². The first-order chi connectivity index (χ1) is 10.6. The van der Waals surface area contributed by atoms with E-state index in [0.29, 0.717) is 11.4 Å². The summed E-state index contributed by atoms with van der Waals surface area (Å²) in [5.74, 6) is 0.725. The van der Waals surface area contributed by atoms with Gasteiger partial charge in [-0.15, -0.1) is 0 Å². The molecule has 0 radical (unpaired) electrons. The number of urea groups is 1. The maximum Gasteiger partial charge on any atom is 0.319 e. The van der Waals surface area contributed by atoms with Crippen LogP contribution in [0.4, 0.5) is 10.5 Å². The molecule has 0 saturated heterocycles. The quantitative estimate of drug-likeness (QED) is 0.756. The van der Waals surface area contributed by atoms with Gasteiger partial charge in [0.15, 0.2) is 0 Å². The third kappa shape index (κ3) is 4.63. The van der Waals surface area contributed by atoms with Gasteiger partial charge in [0.05, 0.1) is 11.8 Å². The van der Waals surface area contributed by atoms with Crippen molar-refractivity contribution in [2.75, 3.05) is 11.9 Å². The van der Waals surface area contributed by atoms with Crippen molar-refractivity contribution in [1.29, 1.82) is 0 Å². The molecule has 3 N–H and O–H groups in total. The minimum absolute atomic E-state index is 0.00994. The Balaban J connectivity index is 1.95. The second kappa shape index (κ2) is 8.03. The Labute approximate surface area is 132 Å². The summed E-state index contributed by atoms with van der Waals surface area (Å²) < 4.78 is 6.00. The number of aliphatic hydroxyl groups excluding tert-OH is 1. The van der Waals surface area contributed by atoms with Gasteiger partial charge >= 0.3 is 6.03 Å². The smallest absolute Gasteiger partial charge is 0.319 e. The molecule has 0 aliphatic heterocycles. The number of hydrogen-bond acceptors (Lipinski definition) is 3. The zero-order chi connectivity index (χ0) is 15.9. The van der Waals surface area contributed by atoms with Crippen LogP contribution in [0.15, 0.2) is 24.3 Å². The Bertz CT molecular complexity index is 487. The molecule has 1 aromatic rings.